The zero-order chi connectivity index (χ0) is 13.1. The lowest BCUT2D eigenvalue weighted by atomic mass is 9.92. The molecular weight excluding hydrogens is 232 g/mol. The largest absolute Gasteiger partial charge is 0.391 e. The van der Waals surface area contributed by atoms with E-state index < -0.39 is 17.6 Å². The number of aliphatic hydroxyl groups excluding tert-OH is 1. The number of carbonyl (C=O) groups is 1. The molecule has 2 atom stereocenters. The fraction of sp³-hybridized carbons (Fsp3) is 0.538. The zero-order valence-electron chi connectivity index (χ0n) is 10.4. The minimum atomic E-state index is -0.507. The van der Waals surface area contributed by atoms with E-state index in [9.17, 15) is 14.7 Å². The highest BCUT2D eigenvalue weighted by molar-refractivity contribution is 5.94. The average Bonchev–Trinajstić information content (AvgIpc) is 2.32. The van der Waals surface area contributed by atoms with Crippen molar-refractivity contribution in [3.63, 3.8) is 0 Å². The lowest BCUT2D eigenvalue weighted by molar-refractivity contribution is 0.0716. The van der Waals surface area contributed by atoms with Gasteiger partial charge in [0.2, 0.25) is 0 Å². The van der Waals surface area contributed by atoms with Gasteiger partial charge in [0.15, 0.2) is 0 Å². The normalized spacial score (nSPS) is 23.7. The molecule has 0 unspecified atom stereocenters. The molecule has 0 aliphatic heterocycles. The molecule has 98 valence electrons. The molecule has 0 spiro atoms. The van der Waals surface area contributed by atoms with Crippen molar-refractivity contribution >= 4 is 5.91 Å². The summed E-state index contributed by atoms with van der Waals surface area (Å²) in [4.78, 5) is 26.2. The van der Waals surface area contributed by atoms with E-state index in [2.05, 4.69) is 10.3 Å². The van der Waals surface area contributed by atoms with Gasteiger partial charge in [0.25, 0.3) is 11.5 Å². The minimum absolute atomic E-state index is 0.0957. The van der Waals surface area contributed by atoms with Gasteiger partial charge < -0.3 is 15.4 Å². The highest BCUT2D eigenvalue weighted by Crippen LogP contribution is 2.18. The van der Waals surface area contributed by atoms with Crippen LogP contribution in [0.25, 0.3) is 0 Å². The number of aromatic nitrogens is 1. The van der Waals surface area contributed by atoms with Crippen molar-refractivity contribution in [2.75, 3.05) is 0 Å². The average molecular weight is 250 g/mol. The summed E-state index contributed by atoms with van der Waals surface area (Å²) in [6, 6.07) is 2.96. The third-order valence-corrected chi connectivity index (χ3v) is 3.35. The maximum Gasteiger partial charge on any atom is 0.260 e. The second-order valence-electron chi connectivity index (χ2n) is 4.82. The zero-order valence-corrected chi connectivity index (χ0v) is 10.4. The first-order valence-corrected chi connectivity index (χ1v) is 6.27. The van der Waals surface area contributed by atoms with Crippen molar-refractivity contribution in [2.24, 2.45) is 0 Å². The smallest absolute Gasteiger partial charge is 0.260 e. The predicted molar refractivity (Wildman–Crippen MR) is 67.5 cm³/mol. The van der Waals surface area contributed by atoms with Gasteiger partial charge in [-0.1, -0.05) is 12.8 Å². The number of nitrogens with one attached hydrogen (secondary N) is 2. The molecule has 5 heteroatoms. The number of carbonyl (C=O) groups excluding carboxylic acids is 1. The molecule has 0 bridgehead atoms. The Morgan fingerprint density at radius 3 is 2.78 bits per heavy atom. The molecule has 1 fully saturated rings. The quantitative estimate of drug-likeness (QED) is 0.723. The Morgan fingerprint density at radius 2 is 2.11 bits per heavy atom. The monoisotopic (exact) mass is 250 g/mol. The maximum atomic E-state index is 11.9. The Labute approximate surface area is 105 Å². The van der Waals surface area contributed by atoms with Crippen LogP contribution in [0.4, 0.5) is 0 Å². The van der Waals surface area contributed by atoms with Crippen LogP contribution in [0.5, 0.6) is 0 Å². The van der Waals surface area contributed by atoms with Gasteiger partial charge in [-0.2, -0.15) is 0 Å². The molecule has 1 amide bonds. The van der Waals surface area contributed by atoms with Crippen molar-refractivity contribution in [1.29, 1.82) is 0 Å². The third-order valence-electron chi connectivity index (χ3n) is 3.35. The van der Waals surface area contributed by atoms with Crippen LogP contribution in [0, 0.1) is 6.92 Å². The number of aliphatic hydroxyl groups is 1. The second kappa shape index (κ2) is 5.35. The Balaban J connectivity index is 2.09. The Bertz CT molecular complexity index is 495. The molecule has 0 radical (unpaired) electrons. The molecule has 18 heavy (non-hydrogen) atoms. The molecule has 5 nitrogen and oxygen atoms in total. The van der Waals surface area contributed by atoms with Gasteiger partial charge >= 0.3 is 0 Å². The van der Waals surface area contributed by atoms with Crippen molar-refractivity contribution in [3.05, 3.63) is 33.7 Å². The van der Waals surface area contributed by atoms with Gasteiger partial charge in [-0.15, -0.1) is 0 Å². The van der Waals surface area contributed by atoms with E-state index in [1.54, 1.807) is 13.0 Å². The fourth-order valence-corrected chi connectivity index (χ4v) is 2.28. The standard InChI is InChI=1S/C13H18N2O3/c1-8-6-7-9(12(17)14-8)13(18)15-10-4-2-3-5-11(10)16/h6-7,10-11,16H,2-5H2,1H3,(H,14,17)(H,15,18)/t10-,11-/m1/s1. The van der Waals surface area contributed by atoms with Crippen LogP contribution < -0.4 is 10.9 Å². The summed E-state index contributed by atoms with van der Waals surface area (Å²) in [5, 5.41) is 12.5. The Hall–Kier alpha value is -1.62. The van der Waals surface area contributed by atoms with Gasteiger partial charge in [-0.25, -0.2) is 0 Å². The molecule has 2 rings (SSSR count). The minimum Gasteiger partial charge on any atom is -0.391 e. The molecule has 1 aliphatic carbocycles. The topological polar surface area (TPSA) is 82.2 Å². The van der Waals surface area contributed by atoms with Crippen molar-refractivity contribution in [2.45, 2.75) is 44.8 Å². The molecule has 1 heterocycles. The summed E-state index contributed by atoms with van der Waals surface area (Å²) in [6.07, 6.45) is 2.93. The van der Waals surface area contributed by atoms with Crippen LogP contribution in [0.15, 0.2) is 16.9 Å². The molecule has 1 aromatic heterocycles. The molecule has 1 saturated carbocycles. The van der Waals surface area contributed by atoms with Gasteiger partial charge in [0.1, 0.15) is 5.56 Å². The van der Waals surface area contributed by atoms with E-state index in [1.807, 2.05) is 0 Å². The van der Waals surface area contributed by atoms with E-state index in [0.717, 1.165) is 19.3 Å². The van der Waals surface area contributed by atoms with Crippen molar-refractivity contribution in [1.82, 2.24) is 10.3 Å². The fourth-order valence-electron chi connectivity index (χ4n) is 2.28. The number of hydrogen-bond donors (Lipinski definition) is 3. The van der Waals surface area contributed by atoms with Crippen molar-refractivity contribution < 1.29 is 9.90 Å². The summed E-state index contributed by atoms with van der Waals surface area (Å²) in [6.45, 7) is 1.76. The lowest BCUT2D eigenvalue weighted by Gasteiger charge is -2.28. The number of aromatic amines is 1. The molecule has 1 aromatic rings. The number of H-pyrrole nitrogens is 1. The second-order valence-corrected chi connectivity index (χ2v) is 4.82. The third kappa shape index (κ3) is 2.79. The molecule has 3 N–H and O–H groups in total. The number of amides is 1. The first-order valence-electron chi connectivity index (χ1n) is 6.27. The lowest BCUT2D eigenvalue weighted by Crippen LogP contribution is -2.46. The maximum absolute atomic E-state index is 11.9. The highest BCUT2D eigenvalue weighted by atomic mass is 16.3. The van der Waals surface area contributed by atoms with E-state index in [4.69, 9.17) is 0 Å². The molecule has 1 aliphatic rings. The van der Waals surface area contributed by atoms with Crippen LogP contribution in [0.3, 0.4) is 0 Å². The molecule has 0 saturated heterocycles. The first kappa shape index (κ1) is 12.8. The number of rotatable bonds is 2. The number of hydrogen-bond acceptors (Lipinski definition) is 3. The Kier molecular flexibility index (Phi) is 3.81. The summed E-state index contributed by atoms with van der Waals surface area (Å²) in [5.74, 6) is -0.415. The number of pyridine rings is 1. The van der Waals surface area contributed by atoms with Crippen LogP contribution in [-0.4, -0.2) is 28.1 Å². The number of aryl methyl sites for hydroxylation is 1. The van der Waals surface area contributed by atoms with Crippen LogP contribution in [0.1, 0.15) is 41.7 Å². The highest BCUT2D eigenvalue weighted by Gasteiger charge is 2.25. The van der Waals surface area contributed by atoms with Crippen LogP contribution >= 0.6 is 0 Å². The van der Waals surface area contributed by atoms with E-state index in [1.165, 1.54) is 6.07 Å². The summed E-state index contributed by atoms with van der Waals surface area (Å²) < 4.78 is 0. The summed E-state index contributed by atoms with van der Waals surface area (Å²) in [5.41, 5.74) is 0.422. The summed E-state index contributed by atoms with van der Waals surface area (Å²) in [7, 11) is 0. The molecular formula is C13H18N2O3. The van der Waals surface area contributed by atoms with Crippen molar-refractivity contribution in [3.8, 4) is 0 Å². The van der Waals surface area contributed by atoms with Gasteiger partial charge in [-0.05, 0) is 31.9 Å². The van der Waals surface area contributed by atoms with Crippen LogP contribution in [-0.2, 0) is 0 Å². The first-order chi connectivity index (χ1) is 8.58. The van der Waals surface area contributed by atoms with Gasteiger partial charge in [-0.3, -0.25) is 9.59 Å². The summed E-state index contributed by atoms with van der Waals surface area (Å²) >= 11 is 0. The predicted octanol–water partition coefficient (Wildman–Crippen LogP) is 0.717. The van der Waals surface area contributed by atoms with E-state index >= 15 is 0 Å². The van der Waals surface area contributed by atoms with Gasteiger partial charge in [0, 0.05) is 5.69 Å². The van der Waals surface area contributed by atoms with E-state index in [0.29, 0.717) is 12.1 Å². The van der Waals surface area contributed by atoms with E-state index in [-0.39, 0.29) is 11.6 Å². The van der Waals surface area contributed by atoms with Crippen LogP contribution in [0.2, 0.25) is 0 Å². The Morgan fingerprint density at radius 1 is 1.39 bits per heavy atom. The SMILES string of the molecule is Cc1ccc(C(=O)N[C@@H]2CCCC[C@H]2O)c(=O)[nH]1. The molecule has 0 aromatic carbocycles. The van der Waals surface area contributed by atoms with Gasteiger partial charge in [0.05, 0.1) is 12.1 Å².